The predicted molar refractivity (Wildman–Crippen MR) is 87.1 cm³/mol. The van der Waals surface area contributed by atoms with E-state index >= 15 is 0 Å². The maximum absolute atomic E-state index is 11.9. The van der Waals surface area contributed by atoms with E-state index in [2.05, 4.69) is 17.6 Å². The monoisotopic (exact) mass is 298 g/mol. The summed E-state index contributed by atoms with van der Waals surface area (Å²) in [5.41, 5.74) is 1.23. The topological polar surface area (TPSA) is 44.1 Å². The van der Waals surface area contributed by atoms with Crippen LogP contribution in [0.25, 0.3) is 0 Å². The first-order valence-electron chi connectivity index (χ1n) is 7.49. The van der Waals surface area contributed by atoms with Crippen LogP contribution < -0.4 is 4.74 Å². The van der Waals surface area contributed by atoms with E-state index in [1.807, 2.05) is 24.3 Å². The molecule has 1 aromatic heterocycles. The summed E-state index contributed by atoms with van der Waals surface area (Å²) >= 11 is 0. The minimum Gasteiger partial charge on any atom is -0.497 e. The standard InChI is InChI=1S/C18H22N2O2/c1-3-15(12-16-7-4-8-17(13-16)22-2)6-5-9-18(21)20-11-10-19-14-20/h3-4,7-8,10-11,13-15H,1,5-6,9,12H2,2H3. The van der Waals surface area contributed by atoms with E-state index in [-0.39, 0.29) is 5.91 Å². The fourth-order valence-electron chi connectivity index (χ4n) is 2.46. The van der Waals surface area contributed by atoms with Gasteiger partial charge in [-0.2, -0.15) is 0 Å². The van der Waals surface area contributed by atoms with Crippen LogP contribution in [0.4, 0.5) is 0 Å². The summed E-state index contributed by atoms with van der Waals surface area (Å²) in [5.74, 6) is 1.32. The number of carbonyl (C=O) groups is 1. The van der Waals surface area contributed by atoms with Crippen molar-refractivity contribution in [1.82, 2.24) is 9.55 Å². The lowest BCUT2D eigenvalue weighted by atomic mass is 9.94. The summed E-state index contributed by atoms with van der Waals surface area (Å²) in [6.45, 7) is 3.92. The molecule has 0 saturated heterocycles. The lowest BCUT2D eigenvalue weighted by Crippen LogP contribution is -2.09. The molecule has 0 aliphatic rings. The number of nitrogens with zero attached hydrogens (tertiary/aromatic N) is 2. The highest BCUT2D eigenvalue weighted by Crippen LogP contribution is 2.20. The number of hydrogen-bond donors (Lipinski definition) is 0. The lowest BCUT2D eigenvalue weighted by Gasteiger charge is -2.13. The molecule has 1 unspecified atom stereocenters. The van der Waals surface area contributed by atoms with E-state index in [4.69, 9.17) is 4.74 Å². The average Bonchev–Trinajstić information content (AvgIpc) is 3.08. The van der Waals surface area contributed by atoms with Gasteiger partial charge in [-0.25, -0.2) is 4.98 Å². The van der Waals surface area contributed by atoms with E-state index in [1.165, 1.54) is 10.1 Å². The molecule has 0 radical (unpaired) electrons. The highest BCUT2D eigenvalue weighted by molar-refractivity contribution is 5.78. The van der Waals surface area contributed by atoms with Crippen LogP contribution in [0.15, 0.2) is 55.6 Å². The fourth-order valence-corrected chi connectivity index (χ4v) is 2.46. The van der Waals surface area contributed by atoms with Crippen molar-refractivity contribution in [3.05, 3.63) is 61.2 Å². The van der Waals surface area contributed by atoms with E-state index in [0.717, 1.165) is 25.0 Å². The maximum atomic E-state index is 11.9. The Balaban J connectivity index is 1.82. The maximum Gasteiger partial charge on any atom is 0.231 e. The van der Waals surface area contributed by atoms with Crippen molar-refractivity contribution in [2.75, 3.05) is 7.11 Å². The molecule has 1 atom stereocenters. The van der Waals surface area contributed by atoms with Gasteiger partial charge in [0.1, 0.15) is 12.1 Å². The molecule has 116 valence electrons. The van der Waals surface area contributed by atoms with Crippen LogP contribution in [-0.4, -0.2) is 22.6 Å². The number of carbonyl (C=O) groups excluding carboxylic acids is 1. The van der Waals surface area contributed by atoms with Crippen molar-refractivity contribution >= 4 is 5.91 Å². The summed E-state index contributed by atoms with van der Waals surface area (Å²) in [7, 11) is 1.67. The van der Waals surface area contributed by atoms with E-state index in [0.29, 0.717) is 12.3 Å². The summed E-state index contributed by atoms with van der Waals surface area (Å²) in [4.78, 5) is 15.8. The van der Waals surface area contributed by atoms with Gasteiger partial charge in [0.05, 0.1) is 7.11 Å². The molecule has 0 aliphatic heterocycles. The quantitative estimate of drug-likeness (QED) is 0.697. The molecule has 4 heteroatoms. The zero-order valence-corrected chi connectivity index (χ0v) is 12.9. The third-order valence-electron chi connectivity index (χ3n) is 3.72. The highest BCUT2D eigenvalue weighted by Gasteiger charge is 2.09. The molecule has 0 saturated carbocycles. The van der Waals surface area contributed by atoms with Gasteiger partial charge >= 0.3 is 0 Å². The van der Waals surface area contributed by atoms with E-state index < -0.39 is 0 Å². The fraction of sp³-hybridized carbons (Fsp3) is 0.333. The first-order chi connectivity index (χ1) is 10.7. The van der Waals surface area contributed by atoms with Crippen molar-refractivity contribution in [2.45, 2.75) is 25.7 Å². The van der Waals surface area contributed by atoms with Crippen LogP contribution in [0, 0.1) is 5.92 Å². The number of rotatable bonds is 8. The van der Waals surface area contributed by atoms with Gasteiger partial charge in [0, 0.05) is 18.8 Å². The van der Waals surface area contributed by atoms with Crippen molar-refractivity contribution in [2.24, 2.45) is 5.92 Å². The zero-order valence-electron chi connectivity index (χ0n) is 12.9. The third kappa shape index (κ3) is 4.58. The second-order valence-electron chi connectivity index (χ2n) is 5.31. The van der Waals surface area contributed by atoms with Gasteiger partial charge in [-0.1, -0.05) is 18.2 Å². The molecule has 0 bridgehead atoms. The molecular weight excluding hydrogens is 276 g/mol. The normalized spacial score (nSPS) is 11.9. The van der Waals surface area contributed by atoms with Crippen LogP contribution in [0.5, 0.6) is 5.75 Å². The molecule has 1 heterocycles. The molecule has 0 N–H and O–H groups in total. The Morgan fingerprint density at radius 2 is 2.36 bits per heavy atom. The van der Waals surface area contributed by atoms with E-state index in [1.54, 1.807) is 25.8 Å². The van der Waals surface area contributed by atoms with Gasteiger partial charge < -0.3 is 4.74 Å². The molecule has 0 fully saturated rings. The number of ether oxygens (including phenoxy) is 1. The Morgan fingerprint density at radius 3 is 3.05 bits per heavy atom. The van der Waals surface area contributed by atoms with Crippen LogP contribution >= 0.6 is 0 Å². The number of aromatic nitrogens is 2. The van der Waals surface area contributed by atoms with Gasteiger partial charge in [-0.15, -0.1) is 6.58 Å². The number of methoxy groups -OCH3 is 1. The van der Waals surface area contributed by atoms with Crippen LogP contribution in [0.2, 0.25) is 0 Å². The Bertz CT molecular complexity index is 605. The minimum atomic E-state index is 0.0849. The highest BCUT2D eigenvalue weighted by atomic mass is 16.5. The average molecular weight is 298 g/mol. The van der Waals surface area contributed by atoms with Crippen molar-refractivity contribution in [1.29, 1.82) is 0 Å². The Morgan fingerprint density at radius 1 is 1.50 bits per heavy atom. The summed E-state index contributed by atoms with van der Waals surface area (Å²) in [5, 5.41) is 0. The van der Waals surface area contributed by atoms with Crippen LogP contribution in [0.3, 0.4) is 0 Å². The predicted octanol–water partition coefficient (Wildman–Crippen LogP) is 3.75. The first-order valence-corrected chi connectivity index (χ1v) is 7.49. The van der Waals surface area contributed by atoms with Gasteiger partial charge in [0.15, 0.2) is 0 Å². The van der Waals surface area contributed by atoms with Crippen molar-refractivity contribution in [3.8, 4) is 5.75 Å². The Kier molecular flexibility index (Phi) is 5.95. The second-order valence-corrected chi connectivity index (χ2v) is 5.31. The summed E-state index contributed by atoms with van der Waals surface area (Å²) in [6.07, 6.45) is 10.1. The minimum absolute atomic E-state index is 0.0849. The summed E-state index contributed by atoms with van der Waals surface area (Å²) in [6, 6.07) is 8.08. The Hall–Kier alpha value is -2.36. The largest absolute Gasteiger partial charge is 0.497 e. The first kappa shape index (κ1) is 16.0. The molecule has 2 aromatic rings. The molecule has 0 aliphatic carbocycles. The Labute approximate surface area is 131 Å². The second kappa shape index (κ2) is 8.17. The SMILES string of the molecule is C=CC(CCCC(=O)n1ccnc1)Cc1cccc(OC)c1. The molecule has 22 heavy (non-hydrogen) atoms. The number of allylic oxidation sites excluding steroid dienone is 1. The molecule has 4 nitrogen and oxygen atoms in total. The number of hydrogen-bond acceptors (Lipinski definition) is 3. The summed E-state index contributed by atoms with van der Waals surface area (Å²) < 4.78 is 6.78. The molecule has 2 rings (SSSR count). The van der Waals surface area contributed by atoms with Crippen LogP contribution in [-0.2, 0) is 6.42 Å². The lowest BCUT2D eigenvalue weighted by molar-refractivity contribution is 0.0898. The van der Waals surface area contributed by atoms with E-state index in [9.17, 15) is 4.79 Å². The number of benzene rings is 1. The van der Waals surface area contributed by atoms with Gasteiger partial charge in [-0.05, 0) is 42.9 Å². The van der Waals surface area contributed by atoms with Crippen molar-refractivity contribution < 1.29 is 9.53 Å². The molecule has 1 aromatic carbocycles. The van der Waals surface area contributed by atoms with Gasteiger partial charge in [0.25, 0.3) is 0 Å². The van der Waals surface area contributed by atoms with Crippen molar-refractivity contribution in [3.63, 3.8) is 0 Å². The zero-order chi connectivity index (χ0) is 15.8. The molecular formula is C18H22N2O2. The third-order valence-corrected chi connectivity index (χ3v) is 3.72. The van der Waals surface area contributed by atoms with Gasteiger partial charge in [0.2, 0.25) is 5.91 Å². The molecule has 0 spiro atoms. The molecule has 0 amide bonds. The number of imidazole rings is 1. The van der Waals surface area contributed by atoms with Crippen LogP contribution in [0.1, 0.15) is 29.6 Å². The smallest absolute Gasteiger partial charge is 0.231 e. The van der Waals surface area contributed by atoms with Gasteiger partial charge in [-0.3, -0.25) is 9.36 Å².